The second-order valence-electron chi connectivity index (χ2n) is 4.20. The van der Waals surface area contributed by atoms with Crippen LogP contribution < -0.4 is 5.32 Å². The highest BCUT2D eigenvalue weighted by molar-refractivity contribution is 7.09. The third-order valence-corrected chi connectivity index (χ3v) is 3.65. The lowest BCUT2D eigenvalue weighted by molar-refractivity contribution is 0.935. The lowest BCUT2D eigenvalue weighted by Gasteiger charge is -1.98. The van der Waals surface area contributed by atoms with Gasteiger partial charge in [-0.15, -0.1) is 16.4 Å². The van der Waals surface area contributed by atoms with Crippen LogP contribution >= 0.6 is 11.3 Å². The van der Waals surface area contributed by atoms with E-state index in [4.69, 9.17) is 0 Å². The Morgan fingerprint density at radius 2 is 2.28 bits per heavy atom. The number of nitrogens with zero attached hydrogens (tertiary/aromatic N) is 3. The zero-order valence-corrected chi connectivity index (χ0v) is 10.9. The molecule has 0 aliphatic carbocycles. The van der Waals surface area contributed by atoms with Gasteiger partial charge >= 0.3 is 0 Å². The molecule has 0 saturated heterocycles. The summed E-state index contributed by atoms with van der Waals surface area (Å²) in [6.45, 7) is 2.90. The van der Waals surface area contributed by atoms with Crippen molar-refractivity contribution in [3.63, 3.8) is 0 Å². The van der Waals surface area contributed by atoms with E-state index in [0.717, 1.165) is 18.6 Å². The van der Waals surface area contributed by atoms with Crippen molar-refractivity contribution < 1.29 is 0 Å². The van der Waals surface area contributed by atoms with Crippen LogP contribution in [0.4, 0.5) is 5.95 Å². The third-order valence-electron chi connectivity index (χ3n) is 2.71. The van der Waals surface area contributed by atoms with Crippen molar-refractivity contribution >= 4 is 22.9 Å². The monoisotopic (exact) mass is 258 g/mol. The molecule has 3 aromatic rings. The quantitative estimate of drug-likeness (QED) is 0.782. The molecular formula is C13H14N4S. The number of aromatic nitrogens is 3. The molecule has 0 bridgehead atoms. The van der Waals surface area contributed by atoms with E-state index in [2.05, 4.69) is 32.9 Å². The predicted molar refractivity (Wildman–Crippen MR) is 74.2 cm³/mol. The maximum absolute atomic E-state index is 4.42. The van der Waals surface area contributed by atoms with Crippen molar-refractivity contribution in [3.8, 4) is 0 Å². The van der Waals surface area contributed by atoms with Crippen LogP contribution in [-0.4, -0.2) is 21.1 Å². The van der Waals surface area contributed by atoms with Gasteiger partial charge < -0.3 is 5.32 Å². The minimum atomic E-state index is 0.692. The number of rotatable bonds is 4. The SMILES string of the molecule is Cc1ccc2nc(NCCc3cccs3)nn2c1. The molecule has 92 valence electrons. The molecule has 0 spiro atoms. The molecular weight excluding hydrogens is 244 g/mol. The van der Waals surface area contributed by atoms with Gasteiger partial charge in [-0.3, -0.25) is 0 Å². The normalized spacial score (nSPS) is 10.9. The Morgan fingerprint density at radius 1 is 1.33 bits per heavy atom. The minimum Gasteiger partial charge on any atom is -0.353 e. The topological polar surface area (TPSA) is 42.2 Å². The number of pyridine rings is 1. The molecule has 5 heteroatoms. The second-order valence-corrected chi connectivity index (χ2v) is 5.23. The first-order valence-electron chi connectivity index (χ1n) is 5.90. The number of anilines is 1. The summed E-state index contributed by atoms with van der Waals surface area (Å²) in [5.74, 6) is 0.692. The highest BCUT2D eigenvalue weighted by atomic mass is 32.1. The molecule has 18 heavy (non-hydrogen) atoms. The molecule has 4 nitrogen and oxygen atoms in total. The lowest BCUT2D eigenvalue weighted by atomic mass is 10.3. The van der Waals surface area contributed by atoms with Crippen molar-refractivity contribution in [3.05, 3.63) is 46.3 Å². The number of fused-ring (bicyclic) bond motifs is 1. The van der Waals surface area contributed by atoms with Crippen LogP contribution in [0.5, 0.6) is 0 Å². The Kier molecular flexibility index (Phi) is 2.98. The van der Waals surface area contributed by atoms with Crippen LogP contribution in [0, 0.1) is 6.92 Å². The first-order valence-corrected chi connectivity index (χ1v) is 6.78. The summed E-state index contributed by atoms with van der Waals surface area (Å²) in [6, 6.07) is 8.24. The molecule has 1 N–H and O–H groups in total. The summed E-state index contributed by atoms with van der Waals surface area (Å²) >= 11 is 1.78. The molecule has 0 unspecified atom stereocenters. The van der Waals surface area contributed by atoms with Crippen molar-refractivity contribution in [1.29, 1.82) is 0 Å². The van der Waals surface area contributed by atoms with E-state index in [0.29, 0.717) is 5.95 Å². The average molecular weight is 258 g/mol. The van der Waals surface area contributed by atoms with Gasteiger partial charge in [-0.1, -0.05) is 12.1 Å². The molecule has 0 amide bonds. The Labute approximate surface area is 109 Å². The number of aryl methyl sites for hydroxylation is 1. The Balaban J connectivity index is 1.67. The molecule has 0 aliphatic rings. The van der Waals surface area contributed by atoms with Crippen LogP contribution in [0.15, 0.2) is 35.8 Å². The summed E-state index contributed by atoms with van der Waals surface area (Å²) in [5, 5.41) is 9.74. The maximum Gasteiger partial charge on any atom is 0.243 e. The number of nitrogens with one attached hydrogen (secondary N) is 1. The highest BCUT2D eigenvalue weighted by Gasteiger charge is 2.02. The van der Waals surface area contributed by atoms with Crippen LogP contribution in [-0.2, 0) is 6.42 Å². The fraction of sp³-hybridized carbons (Fsp3) is 0.231. The van der Waals surface area contributed by atoms with Crippen LogP contribution in [0.1, 0.15) is 10.4 Å². The third kappa shape index (κ3) is 2.36. The van der Waals surface area contributed by atoms with Gasteiger partial charge in [-0.25, -0.2) is 4.52 Å². The van der Waals surface area contributed by atoms with Crippen molar-refractivity contribution in [2.45, 2.75) is 13.3 Å². The number of thiophene rings is 1. The second kappa shape index (κ2) is 4.78. The highest BCUT2D eigenvalue weighted by Crippen LogP contribution is 2.10. The minimum absolute atomic E-state index is 0.692. The van der Waals surface area contributed by atoms with Gasteiger partial charge in [0.1, 0.15) is 0 Å². The van der Waals surface area contributed by atoms with Gasteiger partial charge in [-0.05, 0) is 36.4 Å². The maximum atomic E-state index is 4.42. The van der Waals surface area contributed by atoms with E-state index >= 15 is 0 Å². The number of hydrogen-bond acceptors (Lipinski definition) is 4. The van der Waals surface area contributed by atoms with Crippen molar-refractivity contribution in [1.82, 2.24) is 14.6 Å². The van der Waals surface area contributed by atoms with Crippen LogP contribution in [0.2, 0.25) is 0 Å². The van der Waals surface area contributed by atoms with E-state index in [1.165, 1.54) is 10.4 Å². The largest absolute Gasteiger partial charge is 0.353 e. The Morgan fingerprint density at radius 3 is 3.11 bits per heavy atom. The summed E-state index contributed by atoms with van der Waals surface area (Å²) in [7, 11) is 0. The molecule has 3 rings (SSSR count). The van der Waals surface area contributed by atoms with Gasteiger partial charge in [0.15, 0.2) is 5.65 Å². The first-order chi connectivity index (χ1) is 8.81. The van der Waals surface area contributed by atoms with E-state index in [-0.39, 0.29) is 0 Å². The van der Waals surface area contributed by atoms with Crippen molar-refractivity contribution in [2.75, 3.05) is 11.9 Å². The summed E-state index contributed by atoms with van der Waals surface area (Å²) < 4.78 is 1.81. The fourth-order valence-electron chi connectivity index (χ4n) is 1.81. The smallest absolute Gasteiger partial charge is 0.243 e. The van der Waals surface area contributed by atoms with Gasteiger partial charge in [0, 0.05) is 17.6 Å². The molecule has 0 aromatic carbocycles. The summed E-state index contributed by atoms with van der Waals surface area (Å²) in [4.78, 5) is 5.79. The molecule has 3 aromatic heterocycles. The van der Waals surface area contributed by atoms with E-state index in [9.17, 15) is 0 Å². The lowest BCUT2D eigenvalue weighted by Crippen LogP contribution is -2.05. The molecule has 3 heterocycles. The molecule has 0 atom stereocenters. The van der Waals surface area contributed by atoms with Gasteiger partial charge in [0.25, 0.3) is 0 Å². The first kappa shape index (κ1) is 11.2. The Bertz CT molecular complexity index is 642. The van der Waals surface area contributed by atoms with Crippen molar-refractivity contribution in [2.24, 2.45) is 0 Å². The van der Waals surface area contributed by atoms with E-state index in [1.54, 1.807) is 11.3 Å². The zero-order valence-electron chi connectivity index (χ0n) is 10.1. The standard InChI is InChI=1S/C13H14N4S/c1-10-4-5-12-15-13(16-17(12)9-10)14-7-6-11-3-2-8-18-11/h2-5,8-9H,6-7H2,1H3,(H,14,16). The van der Waals surface area contributed by atoms with E-state index < -0.39 is 0 Å². The number of hydrogen-bond donors (Lipinski definition) is 1. The van der Waals surface area contributed by atoms with Crippen LogP contribution in [0.3, 0.4) is 0 Å². The fourth-order valence-corrected chi connectivity index (χ4v) is 2.52. The average Bonchev–Trinajstić information content (AvgIpc) is 2.97. The van der Waals surface area contributed by atoms with E-state index in [1.807, 2.05) is 29.8 Å². The molecule has 0 aliphatic heterocycles. The molecule has 0 fully saturated rings. The summed E-state index contributed by atoms with van der Waals surface area (Å²) in [6.07, 6.45) is 2.99. The predicted octanol–water partition coefficient (Wildman–Crippen LogP) is 2.75. The van der Waals surface area contributed by atoms with Gasteiger partial charge in [0.05, 0.1) is 0 Å². The summed E-state index contributed by atoms with van der Waals surface area (Å²) in [5.41, 5.74) is 2.05. The van der Waals surface area contributed by atoms with Gasteiger partial charge in [-0.2, -0.15) is 4.98 Å². The Hall–Kier alpha value is -1.88. The van der Waals surface area contributed by atoms with Crippen LogP contribution in [0.25, 0.3) is 5.65 Å². The van der Waals surface area contributed by atoms with Gasteiger partial charge in [0.2, 0.25) is 5.95 Å². The molecule has 0 saturated carbocycles. The zero-order chi connectivity index (χ0) is 12.4. The molecule has 0 radical (unpaired) electrons.